The van der Waals surface area contributed by atoms with Crippen LogP contribution in [-0.4, -0.2) is 10.2 Å². The second-order valence-corrected chi connectivity index (χ2v) is 8.83. The van der Waals surface area contributed by atoms with Crippen molar-refractivity contribution < 1.29 is 10.2 Å². The van der Waals surface area contributed by atoms with Crippen molar-refractivity contribution in [1.29, 1.82) is 0 Å². The Morgan fingerprint density at radius 1 is 1.00 bits per heavy atom. The molecule has 2 rings (SSSR count). The van der Waals surface area contributed by atoms with Crippen LogP contribution in [0.25, 0.3) is 0 Å². The van der Waals surface area contributed by atoms with Crippen molar-refractivity contribution in [2.45, 2.75) is 51.8 Å². The van der Waals surface area contributed by atoms with Crippen LogP contribution in [0.5, 0.6) is 5.75 Å². The third-order valence-corrected chi connectivity index (χ3v) is 6.33. The zero-order chi connectivity index (χ0) is 17.3. The molecule has 0 aliphatic carbocycles. The molecule has 124 valence electrons. The van der Waals surface area contributed by atoms with E-state index in [4.69, 9.17) is 0 Å². The number of hydrogen-bond donors (Lipinski definition) is 2. The molecule has 2 aromatic carbocycles. The Bertz CT molecular complexity index is 688. The standard InChI is InChI=1S/C20H27O2P/c1-6-20(5,15-9-7-8-10-17(15)21)23-18-12-11-14(2)13-16(18)19(3,4)22/h7-13,21-23H,6H2,1-5H3. The molecule has 3 heteroatoms. The summed E-state index contributed by atoms with van der Waals surface area (Å²) in [5.74, 6) is 0.348. The first kappa shape index (κ1) is 18.0. The Balaban J connectivity index is 2.50. The highest BCUT2D eigenvalue weighted by molar-refractivity contribution is 7.48. The average molecular weight is 330 g/mol. The summed E-state index contributed by atoms with van der Waals surface area (Å²) in [4.78, 5) is 0. The summed E-state index contributed by atoms with van der Waals surface area (Å²) < 4.78 is 0. The molecule has 0 aliphatic rings. The van der Waals surface area contributed by atoms with Gasteiger partial charge in [-0.3, -0.25) is 0 Å². The Labute approximate surface area is 141 Å². The van der Waals surface area contributed by atoms with Gasteiger partial charge in [-0.05, 0) is 44.1 Å². The highest BCUT2D eigenvalue weighted by Gasteiger charge is 2.30. The van der Waals surface area contributed by atoms with Crippen LogP contribution in [0.15, 0.2) is 42.5 Å². The molecule has 0 saturated carbocycles. The van der Waals surface area contributed by atoms with Gasteiger partial charge in [0.15, 0.2) is 0 Å². The lowest BCUT2D eigenvalue weighted by Crippen LogP contribution is -2.27. The van der Waals surface area contributed by atoms with Gasteiger partial charge < -0.3 is 10.2 Å². The van der Waals surface area contributed by atoms with Crippen LogP contribution in [0, 0.1) is 6.92 Å². The van der Waals surface area contributed by atoms with Crippen molar-refractivity contribution in [2.75, 3.05) is 0 Å². The summed E-state index contributed by atoms with van der Waals surface area (Å²) in [6.07, 6.45) is 0.919. The van der Waals surface area contributed by atoms with Gasteiger partial charge in [0.1, 0.15) is 5.75 Å². The lowest BCUT2D eigenvalue weighted by Gasteiger charge is -2.32. The number of phenolic OH excluding ortho intramolecular Hbond substituents is 1. The maximum atomic E-state index is 10.5. The van der Waals surface area contributed by atoms with Crippen LogP contribution in [0.4, 0.5) is 0 Å². The number of para-hydroxylation sites is 1. The van der Waals surface area contributed by atoms with Crippen LogP contribution in [0.1, 0.15) is 50.8 Å². The van der Waals surface area contributed by atoms with E-state index in [9.17, 15) is 10.2 Å². The third-order valence-electron chi connectivity index (χ3n) is 4.45. The van der Waals surface area contributed by atoms with E-state index in [1.165, 1.54) is 0 Å². The van der Waals surface area contributed by atoms with E-state index in [2.05, 4.69) is 32.0 Å². The summed E-state index contributed by atoms with van der Waals surface area (Å²) >= 11 is 0. The van der Waals surface area contributed by atoms with Gasteiger partial charge in [0.2, 0.25) is 0 Å². The van der Waals surface area contributed by atoms with Gasteiger partial charge in [-0.25, -0.2) is 0 Å². The summed E-state index contributed by atoms with van der Waals surface area (Å²) in [5, 5.41) is 21.8. The SMILES string of the molecule is CCC(C)(Pc1ccc(C)cc1C(C)(C)O)c1ccccc1O. The predicted molar refractivity (Wildman–Crippen MR) is 100 cm³/mol. The maximum Gasteiger partial charge on any atom is 0.119 e. The third kappa shape index (κ3) is 3.94. The average Bonchev–Trinajstić information content (AvgIpc) is 2.48. The molecule has 2 N–H and O–H groups in total. The van der Waals surface area contributed by atoms with Crippen LogP contribution >= 0.6 is 8.58 Å². The largest absolute Gasteiger partial charge is 0.508 e. The van der Waals surface area contributed by atoms with Crippen molar-refractivity contribution in [3.8, 4) is 5.75 Å². The van der Waals surface area contributed by atoms with Crippen LogP contribution in [-0.2, 0) is 10.8 Å². The van der Waals surface area contributed by atoms with Gasteiger partial charge in [-0.2, -0.15) is 0 Å². The summed E-state index contributed by atoms with van der Waals surface area (Å²) in [7, 11) is 0.471. The molecule has 0 fully saturated rings. The lowest BCUT2D eigenvalue weighted by molar-refractivity contribution is 0.0796. The zero-order valence-electron chi connectivity index (χ0n) is 14.6. The van der Waals surface area contributed by atoms with Gasteiger partial charge >= 0.3 is 0 Å². The molecule has 0 amide bonds. The number of benzene rings is 2. The van der Waals surface area contributed by atoms with E-state index in [1.807, 2.05) is 39.0 Å². The molecule has 2 atom stereocenters. The summed E-state index contributed by atoms with van der Waals surface area (Å²) in [5.41, 5.74) is 2.23. The predicted octanol–water partition coefficient (Wildman–Crippen LogP) is 4.56. The molecule has 0 saturated heterocycles. The fraction of sp³-hybridized carbons (Fsp3) is 0.400. The number of aryl methyl sites for hydroxylation is 1. The molecule has 2 unspecified atom stereocenters. The maximum absolute atomic E-state index is 10.5. The van der Waals surface area contributed by atoms with E-state index in [0.29, 0.717) is 14.3 Å². The topological polar surface area (TPSA) is 40.5 Å². The number of aromatic hydroxyl groups is 1. The number of phenols is 1. The van der Waals surface area contributed by atoms with Gasteiger partial charge in [-0.15, -0.1) is 0 Å². The first-order valence-corrected chi connectivity index (χ1v) is 9.07. The van der Waals surface area contributed by atoms with E-state index in [1.54, 1.807) is 6.07 Å². The minimum absolute atomic E-state index is 0.152. The first-order valence-electron chi connectivity index (χ1n) is 8.07. The molecule has 0 spiro atoms. The molecule has 0 heterocycles. The number of rotatable bonds is 5. The second-order valence-electron chi connectivity index (χ2n) is 6.94. The lowest BCUT2D eigenvalue weighted by atomic mass is 9.96. The van der Waals surface area contributed by atoms with E-state index in [0.717, 1.165) is 28.4 Å². The minimum atomic E-state index is -0.873. The Hall–Kier alpha value is -1.37. The Morgan fingerprint density at radius 3 is 2.22 bits per heavy atom. The number of aliphatic hydroxyl groups is 1. The normalized spacial score (nSPS) is 15.0. The molecule has 2 aromatic rings. The highest BCUT2D eigenvalue weighted by Crippen LogP contribution is 2.47. The fourth-order valence-corrected chi connectivity index (χ4v) is 4.65. The molecular weight excluding hydrogens is 303 g/mol. The van der Waals surface area contributed by atoms with Crippen LogP contribution in [0.3, 0.4) is 0 Å². The molecule has 0 aliphatic heterocycles. The quantitative estimate of drug-likeness (QED) is 0.789. The molecular formula is C20H27O2P. The molecule has 0 radical (unpaired) electrons. The van der Waals surface area contributed by atoms with E-state index < -0.39 is 5.60 Å². The van der Waals surface area contributed by atoms with Crippen molar-refractivity contribution in [3.63, 3.8) is 0 Å². The van der Waals surface area contributed by atoms with E-state index in [-0.39, 0.29) is 5.16 Å². The van der Waals surface area contributed by atoms with Crippen molar-refractivity contribution >= 4 is 13.9 Å². The molecule has 0 aromatic heterocycles. The van der Waals surface area contributed by atoms with Gasteiger partial charge in [0.05, 0.1) is 5.60 Å². The highest BCUT2D eigenvalue weighted by atomic mass is 31.1. The Morgan fingerprint density at radius 2 is 1.65 bits per heavy atom. The molecule has 0 bridgehead atoms. The van der Waals surface area contributed by atoms with Crippen LogP contribution in [0.2, 0.25) is 0 Å². The smallest absolute Gasteiger partial charge is 0.119 e. The van der Waals surface area contributed by atoms with Crippen LogP contribution < -0.4 is 5.30 Å². The van der Waals surface area contributed by atoms with Crippen molar-refractivity contribution in [2.24, 2.45) is 0 Å². The van der Waals surface area contributed by atoms with Crippen molar-refractivity contribution in [1.82, 2.24) is 0 Å². The van der Waals surface area contributed by atoms with Gasteiger partial charge in [-0.1, -0.05) is 64.4 Å². The molecule has 2 nitrogen and oxygen atoms in total. The van der Waals surface area contributed by atoms with Gasteiger partial charge in [0, 0.05) is 10.7 Å². The fourth-order valence-electron chi connectivity index (χ4n) is 2.86. The second kappa shape index (κ2) is 6.63. The minimum Gasteiger partial charge on any atom is -0.508 e. The summed E-state index contributed by atoms with van der Waals surface area (Å²) in [6, 6.07) is 13.9. The first-order chi connectivity index (χ1) is 10.7. The molecule has 23 heavy (non-hydrogen) atoms. The van der Waals surface area contributed by atoms with Gasteiger partial charge in [0.25, 0.3) is 0 Å². The summed E-state index contributed by atoms with van der Waals surface area (Å²) in [6.45, 7) is 10.0. The number of hydrogen-bond acceptors (Lipinski definition) is 2. The van der Waals surface area contributed by atoms with Crippen molar-refractivity contribution in [3.05, 3.63) is 59.2 Å². The monoisotopic (exact) mass is 330 g/mol. The van der Waals surface area contributed by atoms with E-state index >= 15 is 0 Å². The zero-order valence-corrected chi connectivity index (χ0v) is 15.6. The Kier molecular flexibility index (Phi) is 5.18.